The molecule has 1 aromatic carbocycles. The molecule has 0 unspecified atom stereocenters. The van der Waals surface area contributed by atoms with Crippen LogP contribution >= 0.6 is 0 Å². The Labute approximate surface area is 87.7 Å². The van der Waals surface area contributed by atoms with Crippen molar-refractivity contribution in [1.82, 2.24) is 4.90 Å². The number of nitrogens with two attached hydrogens (primary N) is 1. The van der Waals surface area contributed by atoms with Gasteiger partial charge in [0.05, 0.1) is 0 Å². The second-order valence-electron chi connectivity index (χ2n) is 4.02. The van der Waals surface area contributed by atoms with Crippen molar-refractivity contribution in [2.45, 2.75) is 19.0 Å². The number of hydrogen-bond donors (Lipinski definition) is 1. The molecule has 0 amide bonds. The summed E-state index contributed by atoms with van der Waals surface area (Å²) in [6.07, 6.45) is 0.947. The van der Waals surface area contributed by atoms with E-state index in [1.54, 1.807) is 0 Å². The summed E-state index contributed by atoms with van der Waals surface area (Å²) in [5.74, 6) is -1.01. The second kappa shape index (κ2) is 4.24. The molecule has 0 saturated carbocycles. The van der Waals surface area contributed by atoms with Gasteiger partial charge in [-0.05, 0) is 12.5 Å². The van der Waals surface area contributed by atoms with E-state index >= 15 is 0 Å². The first-order valence-electron chi connectivity index (χ1n) is 5.07. The molecule has 82 valence electrons. The van der Waals surface area contributed by atoms with E-state index in [-0.39, 0.29) is 6.04 Å². The van der Waals surface area contributed by atoms with Crippen molar-refractivity contribution in [3.63, 3.8) is 0 Å². The maximum absolute atomic E-state index is 13.3. The van der Waals surface area contributed by atoms with Gasteiger partial charge in [0.1, 0.15) is 11.6 Å². The zero-order chi connectivity index (χ0) is 10.8. The molecular formula is C11H14F2N2. The zero-order valence-corrected chi connectivity index (χ0v) is 8.42. The third-order valence-electron chi connectivity index (χ3n) is 2.72. The van der Waals surface area contributed by atoms with Gasteiger partial charge in [-0.2, -0.15) is 0 Å². The van der Waals surface area contributed by atoms with Gasteiger partial charge in [0.2, 0.25) is 0 Å². The maximum Gasteiger partial charge on any atom is 0.130 e. The van der Waals surface area contributed by atoms with E-state index in [9.17, 15) is 8.78 Å². The highest BCUT2D eigenvalue weighted by atomic mass is 19.1. The molecule has 2 nitrogen and oxygen atoms in total. The lowest BCUT2D eigenvalue weighted by Crippen LogP contribution is -2.26. The normalized spacial score (nSPS) is 22.2. The zero-order valence-electron chi connectivity index (χ0n) is 8.42. The number of hydrogen-bond acceptors (Lipinski definition) is 2. The Hall–Kier alpha value is -1.00. The molecule has 0 bridgehead atoms. The standard InChI is InChI=1S/C11H14F2N2/c12-9-2-1-8(11(13)5-9)6-15-4-3-10(14)7-15/h1-2,5,10H,3-4,6-7,14H2/t10-/m0/s1. The van der Waals surface area contributed by atoms with E-state index in [4.69, 9.17) is 5.73 Å². The Bertz CT molecular complexity index is 354. The molecule has 4 heteroatoms. The average molecular weight is 212 g/mol. The average Bonchev–Trinajstić information content (AvgIpc) is 2.56. The van der Waals surface area contributed by atoms with Gasteiger partial charge in [0.25, 0.3) is 0 Å². The molecule has 1 aliphatic heterocycles. The Morgan fingerprint density at radius 1 is 1.40 bits per heavy atom. The number of likely N-dealkylation sites (tertiary alicyclic amines) is 1. The molecule has 2 N–H and O–H groups in total. The van der Waals surface area contributed by atoms with Gasteiger partial charge in [-0.25, -0.2) is 8.78 Å². The number of benzene rings is 1. The van der Waals surface area contributed by atoms with Gasteiger partial charge in [-0.1, -0.05) is 6.07 Å². The Morgan fingerprint density at radius 2 is 2.20 bits per heavy atom. The second-order valence-corrected chi connectivity index (χ2v) is 4.02. The smallest absolute Gasteiger partial charge is 0.130 e. The van der Waals surface area contributed by atoms with E-state index in [0.29, 0.717) is 12.1 Å². The molecule has 1 aromatic rings. The minimum absolute atomic E-state index is 0.188. The molecule has 1 heterocycles. The third-order valence-corrected chi connectivity index (χ3v) is 2.72. The van der Waals surface area contributed by atoms with Crippen LogP contribution in [-0.4, -0.2) is 24.0 Å². The summed E-state index contributed by atoms with van der Waals surface area (Å²) in [5.41, 5.74) is 6.28. The van der Waals surface area contributed by atoms with Crippen LogP contribution in [0.5, 0.6) is 0 Å². The predicted octanol–water partition coefficient (Wildman–Crippen LogP) is 1.50. The fraction of sp³-hybridized carbons (Fsp3) is 0.455. The van der Waals surface area contributed by atoms with Crippen molar-refractivity contribution in [3.05, 3.63) is 35.4 Å². The number of nitrogens with zero attached hydrogens (tertiary/aromatic N) is 1. The highest BCUT2D eigenvalue weighted by Crippen LogP contribution is 2.15. The van der Waals surface area contributed by atoms with Crippen molar-refractivity contribution >= 4 is 0 Å². The Kier molecular flexibility index (Phi) is 2.98. The van der Waals surface area contributed by atoms with Gasteiger partial charge in [-0.3, -0.25) is 4.90 Å². The van der Waals surface area contributed by atoms with Crippen LogP contribution in [-0.2, 0) is 6.54 Å². The van der Waals surface area contributed by atoms with Crippen LogP contribution in [0.1, 0.15) is 12.0 Å². The lowest BCUT2D eigenvalue weighted by Gasteiger charge is -2.15. The largest absolute Gasteiger partial charge is 0.326 e. The van der Waals surface area contributed by atoms with E-state index in [0.717, 1.165) is 25.6 Å². The predicted molar refractivity (Wildman–Crippen MR) is 54.2 cm³/mol. The van der Waals surface area contributed by atoms with Crippen molar-refractivity contribution < 1.29 is 8.78 Å². The van der Waals surface area contributed by atoms with Crippen LogP contribution in [0, 0.1) is 11.6 Å². The minimum Gasteiger partial charge on any atom is -0.326 e. The van der Waals surface area contributed by atoms with Crippen molar-refractivity contribution in [2.75, 3.05) is 13.1 Å². The van der Waals surface area contributed by atoms with E-state index in [1.165, 1.54) is 12.1 Å². The van der Waals surface area contributed by atoms with Crippen LogP contribution in [0.15, 0.2) is 18.2 Å². The summed E-state index contributed by atoms with van der Waals surface area (Å²) < 4.78 is 26.0. The molecule has 0 spiro atoms. The van der Waals surface area contributed by atoms with Crippen molar-refractivity contribution in [2.24, 2.45) is 5.73 Å². The van der Waals surface area contributed by atoms with E-state index in [2.05, 4.69) is 4.90 Å². The highest BCUT2D eigenvalue weighted by molar-refractivity contribution is 5.18. The van der Waals surface area contributed by atoms with Crippen LogP contribution in [0.4, 0.5) is 8.78 Å². The van der Waals surface area contributed by atoms with E-state index in [1.807, 2.05) is 0 Å². The maximum atomic E-state index is 13.3. The summed E-state index contributed by atoms with van der Waals surface area (Å²) in [5, 5.41) is 0. The highest BCUT2D eigenvalue weighted by Gasteiger charge is 2.19. The first kappa shape index (κ1) is 10.5. The summed E-state index contributed by atoms with van der Waals surface area (Å²) >= 11 is 0. The first-order chi connectivity index (χ1) is 7.15. The molecule has 1 aliphatic rings. The molecular weight excluding hydrogens is 198 g/mol. The summed E-state index contributed by atoms with van der Waals surface area (Å²) in [6, 6.07) is 3.89. The fourth-order valence-electron chi connectivity index (χ4n) is 1.90. The molecule has 1 fully saturated rings. The summed E-state index contributed by atoms with van der Waals surface area (Å²) in [7, 11) is 0. The number of rotatable bonds is 2. The third kappa shape index (κ3) is 2.52. The van der Waals surface area contributed by atoms with Crippen molar-refractivity contribution in [1.29, 1.82) is 0 Å². The van der Waals surface area contributed by atoms with Gasteiger partial charge in [0, 0.05) is 37.3 Å². The SMILES string of the molecule is N[C@H]1CCN(Cc2ccc(F)cc2F)C1. The topological polar surface area (TPSA) is 29.3 Å². The summed E-state index contributed by atoms with van der Waals surface area (Å²) in [4.78, 5) is 2.08. The lowest BCUT2D eigenvalue weighted by atomic mass is 10.2. The quantitative estimate of drug-likeness (QED) is 0.805. The lowest BCUT2D eigenvalue weighted by molar-refractivity contribution is 0.321. The Morgan fingerprint density at radius 3 is 2.80 bits per heavy atom. The van der Waals surface area contributed by atoms with Gasteiger partial charge in [0.15, 0.2) is 0 Å². The fourth-order valence-corrected chi connectivity index (χ4v) is 1.90. The molecule has 15 heavy (non-hydrogen) atoms. The number of halogens is 2. The van der Waals surface area contributed by atoms with Crippen LogP contribution in [0.25, 0.3) is 0 Å². The molecule has 0 radical (unpaired) electrons. The van der Waals surface area contributed by atoms with Gasteiger partial charge >= 0.3 is 0 Å². The van der Waals surface area contributed by atoms with Gasteiger partial charge in [-0.15, -0.1) is 0 Å². The Balaban J connectivity index is 2.04. The molecule has 2 rings (SSSR count). The van der Waals surface area contributed by atoms with E-state index < -0.39 is 11.6 Å². The molecule has 0 aliphatic carbocycles. The minimum atomic E-state index is -0.533. The van der Waals surface area contributed by atoms with Crippen LogP contribution < -0.4 is 5.73 Å². The van der Waals surface area contributed by atoms with Crippen molar-refractivity contribution in [3.8, 4) is 0 Å². The first-order valence-corrected chi connectivity index (χ1v) is 5.07. The molecule has 1 atom stereocenters. The van der Waals surface area contributed by atoms with Crippen LogP contribution in [0.2, 0.25) is 0 Å². The molecule has 1 saturated heterocycles. The van der Waals surface area contributed by atoms with Crippen LogP contribution in [0.3, 0.4) is 0 Å². The van der Waals surface area contributed by atoms with Gasteiger partial charge < -0.3 is 5.73 Å². The summed E-state index contributed by atoms with van der Waals surface area (Å²) in [6.45, 7) is 2.19. The monoisotopic (exact) mass is 212 g/mol. The molecule has 0 aromatic heterocycles.